The van der Waals surface area contributed by atoms with Crippen molar-refractivity contribution in [2.24, 2.45) is 0 Å². The molecule has 0 heterocycles. The summed E-state index contributed by atoms with van der Waals surface area (Å²) in [7, 11) is 0. The van der Waals surface area contributed by atoms with Crippen molar-refractivity contribution < 1.29 is 4.79 Å². The maximum atomic E-state index is 12.6. The zero-order valence-corrected chi connectivity index (χ0v) is 16.8. The highest BCUT2D eigenvalue weighted by Gasteiger charge is 2.13. The monoisotopic (exact) mass is 361 g/mol. The molecule has 1 N–H and O–H groups in total. The van der Waals surface area contributed by atoms with E-state index in [9.17, 15) is 10.1 Å². The van der Waals surface area contributed by atoms with Crippen LogP contribution >= 0.6 is 0 Å². The average molecular weight is 361 g/mol. The molecule has 0 aliphatic rings. The Kier molecular flexibility index (Phi) is 6.79. The maximum absolute atomic E-state index is 12.6. The van der Waals surface area contributed by atoms with E-state index in [4.69, 9.17) is 0 Å². The van der Waals surface area contributed by atoms with Gasteiger partial charge in [0.2, 0.25) is 0 Å². The first kappa shape index (κ1) is 20.3. The summed E-state index contributed by atoms with van der Waals surface area (Å²) in [5, 5.41) is 12.3. The van der Waals surface area contributed by atoms with Gasteiger partial charge in [-0.3, -0.25) is 4.79 Å². The molecule has 0 saturated heterocycles. The largest absolute Gasteiger partial charge is 0.372 e. The lowest BCUT2D eigenvalue weighted by molar-refractivity contribution is -0.112. The fourth-order valence-electron chi connectivity index (χ4n) is 3.24. The molecule has 0 saturated carbocycles. The second-order valence-electron chi connectivity index (χ2n) is 6.66. The van der Waals surface area contributed by atoms with E-state index in [2.05, 4.69) is 24.1 Å². The van der Waals surface area contributed by atoms with Crippen LogP contribution in [0.25, 0.3) is 6.08 Å². The topological polar surface area (TPSA) is 56.1 Å². The zero-order chi connectivity index (χ0) is 20.0. The van der Waals surface area contributed by atoms with Gasteiger partial charge in [0.15, 0.2) is 0 Å². The number of carbonyl (C=O) groups excluding carboxylic acids is 1. The number of rotatable bonds is 6. The van der Waals surface area contributed by atoms with Gasteiger partial charge in [-0.15, -0.1) is 0 Å². The molecule has 0 aliphatic carbocycles. The normalized spacial score (nSPS) is 11.0. The van der Waals surface area contributed by atoms with E-state index in [-0.39, 0.29) is 11.5 Å². The van der Waals surface area contributed by atoms with Crippen LogP contribution in [0.15, 0.2) is 42.0 Å². The number of amides is 1. The van der Waals surface area contributed by atoms with Gasteiger partial charge < -0.3 is 10.2 Å². The molecule has 1 amide bonds. The predicted molar refractivity (Wildman–Crippen MR) is 113 cm³/mol. The van der Waals surface area contributed by atoms with Gasteiger partial charge in [-0.05, 0) is 69.5 Å². The molecule has 0 unspecified atom stereocenters. The Morgan fingerprint density at radius 2 is 1.63 bits per heavy atom. The van der Waals surface area contributed by atoms with E-state index >= 15 is 0 Å². The van der Waals surface area contributed by atoms with E-state index in [1.165, 1.54) is 0 Å². The number of anilines is 2. The molecule has 4 nitrogen and oxygen atoms in total. The van der Waals surface area contributed by atoms with Crippen molar-refractivity contribution in [3.8, 4) is 6.07 Å². The van der Waals surface area contributed by atoms with Gasteiger partial charge in [-0.1, -0.05) is 29.8 Å². The predicted octanol–water partition coefficient (Wildman–Crippen LogP) is 5.00. The van der Waals surface area contributed by atoms with Gasteiger partial charge in [0.1, 0.15) is 11.6 Å². The molecule has 4 heteroatoms. The number of nitrogens with one attached hydrogen (secondary N) is 1. The quantitative estimate of drug-likeness (QED) is 0.581. The molecule has 0 spiro atoms. The van der Waals surface area contributed by atoms with Crippen LogP contribution in [-0.2, 0) is 4.79 Å². The summed E-state index contributed by atoms with van der Waals surface area (Å²) in [5.74, 6) is -0.389. The van der Waals surface area contributed by atoms with Crippen LogP contribution in [0, 0.1) is 32.1 Å². The molecule has 0 aromatic heterocycles. The molecule has 0 radical (unpaired) electrons. The fourth-order valence-corrected chi connectivity index (χ4v) is 3.24. The third-order valence-electron chi connectivity index (χ3n) is 4.61. The van der Waals surface area contributed by atoms with Crippen LogP contribution in [0.4, 0.5) is 11.4 Å². The van der Waals surface area contributed by atoms with Gasteiger partial charge in [0, 0.05) is 24.5 Å². The Hall–Kier alpha value is -3.06. The van der Waals surface area contributed by atoms with Crippen LogP contribution in [-0.4, -0.2) is 19.0 Å². The Morgan fingerprint density at radius 3 is 2.11 bits per heavy atom. The lowest BCUT2D eigenvalue weighted by Crippen LogP contribution is -2.21. The molecule has 2 aromatic carbocycles. The number of hydrogen-bond donors (Lipinski definition) is 1. The Labute approximate surface area is 162 Å². The van der Waals surface area contributed by atoms with Crippen LogP contribution < -0.4 is 10.2 Å². The number of benzene rings is 2. The number of aryl methyl sites for hydroxylation is 3. The second kappa shape index (κ2) is 9.05. The molecule has 2 aromatic rings. The van der Waals surface area contributed by atoms with E-state index in [0.717, 1.165) is 46.7 Å². The zero-order valence-electron chi connectivity index (χ0n) is 16.8. The molecule has 27 heavy (non-hydrogen) atoms. The SMILES string of the molecule is CCN(CC)c1ccc(/C=C(\C#N)C(=O)Nc2c(C)cc(C)cc2C)cc1. The molecule has 0 bridgehead atoms. The smallest absolute Gasteiger partial charge is 0.266 e. The Bertz CT molecular complexity index is 862. The number of hydrogen-bond acceptors (Lipinski definition) is 3. The maximum Gasteiger partial charge on any atom is 0.266 e. The minimum absolute atomic E-state index is 0.0879. The summed E-state index contributed by atoms with van der Waals surface area (Å²) in [5.41, 5.74) is 5.94. The van der Waals surface area contributed by atoms with Crippen molar-refractivity contribution in [3.05, 3.63) is 64.2 Å². The second-order valence-corrected chi connectivity index (χ2v) is 6.66. The first-order valence-electron chi connectivity index (χ1n) is 9.25. The third kappa shape index (κ3) is 4.98. The van der Waals surface area contributed by atoms with E-state index in [1.54, 1.807) is 6.08 Å². The van der Waals surface area contributed by atoms with Gasteiger partial charge in [-0.25, -0.2) is 0 Å². The minimum Gasteiger partial charge on any atom is -0.372 e. The molecule has 0 aliphatic heterocycles. The molecule has 140 valence electrons. The lowest BCUT2D eigenvalue weighted by Gasteiger charge is -2.20. The molecular weight excluding hydrogens is 334 g/mol. The molecular formula is C23H27N3O. The fraction of sp³-hybridized carbons (Fsp3) is 0.304. The number of carbonyl (C=O) groups is 1. The van der Waals surface area contributed by atoms with Crippen LogP contribution in [0.1, 0.15) is 36.1 Å². The van der Waals surface area contributed by atoms with Gasteiger partial charge in [0.25, 0.3) is 5.91 Å². The van der Waals surface area contributed by atoms with Gasteiger partial charge in [-0.2, -0.15) is 5.26 Å². The van der Waals surface area contributed by atoms with Crippen LogP contribution in [0.2, 0.25) is 0 Å². The minimum atomic E-state index is -0.389. The number of nitriles is 1. The third-order valence-corrected chi connectivity index (χ3v) is 4.61. The molecule has 0 fully saturated rings. The van der Waals surface area contributed by atoms with Gasteiger partial charge >= 0.3 is 0 Å². The van der Waals surface area contributed by atoms with Crippen molar-refractivity contribution in [1.29, 1.82) is 5.26 Å². The van der Waals surface area contributed by atoms with Crippen LogP contribution in [0.5, 0.6) is 0 Å². The summed E-state index contributed by atoms with van der Waals surface area (Å²) >= 11 is 0. The number of nitrogens with zero attached hydrogens (tertiary/aromatic N) is 2. The highest BCUT2D eigenvalue weighted by atomic mass is 16.1. The highest BCUT2D eigenvalue weighted by Crippen LogP contribution is 2.23. The summed E-state index contributed by atoms with van der Waals surface area (Å²) in [6.45, 7) is 12.0. The Balaban J connectivity index is 2.23. The highest BCUT2D eigenvalue weighted by molar-refractivity contribution is 6.10. The standard InChI is InChI=1S/C23H27N3O/c1-6-26(7-2)21-10-8-19(9-11-21)14-20(15-24)23(27)25-22-17(4)12-16(3)13-18(22)5/h8-14H,6-7H2,1-5H3,(H,25,27)/b20-14+. The van der Waals surface area contributed by atoms with Crippen molar-refractivity contribution in [2.45, 2.75) is 34.6 Å². The summed E-state index contributed by atoms with van der Waals surface area (Å²) in [6, 6.07) is 13.9. The van der Waals surface area contributed by atoms with Crippen molar-refractivity contribution in [1.82, 2.24) is 0 Å². The first-order valence-corrected chi connectivity index (χ1v) is 9.25. The first-order chi connectivity index (χ1) is 12.9. The van der Waals surface area contributed by atoms with Crippen molar-refractivity contribution >= 4 is 23.4 Å². The van der Waals surface area contributed by atoms with Crippen LogP contribution in [0.3, 0.4) is 0 Å². The summed E-state index contributed by atoms with van der Waals surface area (Å²) < 4.78 is 0. The Morgan fingerprint density at radius 1 is 1.07 bits per heavy atom. The van der Waals surface area contributed by atoms with E-state index in [1.807, 2.05) is 63.2 Å². The summed E-state index contributed by atoms with van der Waals surface area (Å²) in [4.78, 5) is 14.8. The van der Waals surface area contributed by atoms with Crippen molar-refractivity contribution in [2.75, 3.05) is 23.3 Å². The molecule has 0 atom stereocenters. The molecule has 2 rings (SSSR count). The van der Waals surface area contributed by atoms with Gasteiger partial charge in [0.05, 0.1) is 0 Å². The summed E-state index contributed by atoms with van der Waals surface area (Å²) in [6.07, 6.45) is 1.63. The average Bonchev–Trinajstić information content (AvgIpc) is 2.64. The van der Waals surface area contributed by atoms with E-state index in [0.29, 0.717) is 0 Å². The van der Waals surface area contributed by atoms with Crippen molar-refractivity contribution in [3.63, 3.8) is 0 Å². The lowest BCUT2D eigenvalue weighted by atomic mass is 10.0. The van der Waals surface area contributed by atoms with E-state index < -0.39 is 0 Å².